The van der Waals surface area contributed by atoms with E-state index in [1.54, 1.807) is 6.08 Å². The SMILES string of the molecule is C[C@]12CCC(=O)C=C1CC[C@@H]1[C@@H]2C(=O)C[C@@]2(C)[C@H]1CC[C@]2(O)C(=O)CO.[H+]. The van der Waals surface area contributed by atoms with Gasteiger partial charge in [0, 0.05) is 24.2 Å². The van der Waals surface area contributed by atoms with Crippen molar-refractivity contribution in [2.45, 2.75) is 64.4 Å². The molecule has 0 unspecified atom stereocenters. The molecule has 142 valence electrons. The van der Waals surface area contributed by atoms with Gasteiger partial charge in [0.2, 0.25) is 0 Å². The average Bonchev–Trinajstić information content (AvgIpc) is 2.86. The minimum atomic E-state index is -1.60. The molecule has 0 saturated heterocycles. The molecule has 4 aliphatic carbocycles. The van der Waals surface area contributed by atoms with Crippen LogP contribution in [0.5, 0.6) is 0 Å². The first kappa shape index (κ1) is 18.1. The summed E-state index contributed by atoms with van der Waals surface area (Å²) in [7, 11) is 0. The maximum atomic E-state index is 13.3. The molecule has 0 aromatic heterocycles. The minimum absolute atomic E-state index is 0. The van der Waals surface area contributed by atoms with Crippen molar-refractivity contribution >= 4 is 17.3 Å². The summed E-state index contributed by atoms with van der Waals surface area (Å²) in [5.74, 6) is -0.172. The van der Waals surface area contributed by atoms with Crippen LogP contribution in [0.15, 0.2) is 11.6 Å². The molecule has 4 rings (SSSR count). The molecule has 0 bridgehead atoms. The summed E-state index contributed by atoms with van der Waals surface area (Å²) in [5, 5.41) is 20.5. The number of hydrogen-bond donors (Lipinski definition) is 2. The van der Waals surface area contributed by atoms with E-state index in [-0.39, 0.29) is 42.6 Å². The predicted molar refractivity (Wildman–Crippen MR) is 95.3 cm³/mol. The summed E-state index contributed by atoms with van der Waals surface area (Å²) >= 11 is 0. The Morgan fingerprint density at radius 3 is 2.65 bits per heavy atom. The van der Waals surface area contributed by atoms with Gasteiger partial charge in [-0.1, -0.05) is 19.4 Å². The summed E-state index contributed by atoms with van der Waals surface area (Å²) in [6.45, 7) is 3.31. The topological polar surface area (TPSA) is 91.7 Å². The second-order valence-electron chi connectivity index (χ2n) is 9.38. The zero-order chi connectivity index (χ0) is 18.9. The lowest BCUT2D eigenvalue weighted by atomic mass is 9.46. The van der Waals surface area contributed by atoms with Gasteiger partial charge in [0.05, 0.1) is 0 Å². The van der Waals surface area contributed by atoms with Gasteiger partial charge in [0.25, 0.3) is 0 Å². The monoisotopic (exact) mass is 361 g/mol. The van der Waals surface area contributed by atoms with E-state index in [0.717, 1.165) is 18.4 Å². The standard InChI is InChI=1S/C21H28O5/c1-19-7-5-13(23)9-12(19)3-4-14-15-6-8-21(26,17(25)11-22)20(15,2)10-16(24)18(14)19/h9,14-15,18,22,26H,3-8,10-11H2,1-2H3/p+1/t14-,15-,18+,19-,20-,21-/m0/s1. The third kappa shape index (κ3) is 2.07. The Labute approximate surface area is 155 Å². The quantitative estimate of drug-likeness (QED) is 0.786. The first-order chi connectivity index (χ1) is 12.2. The largest absolute Gasteiger partial charge is 1.00 e. The zero-order valence-corrected chi connectivity index (χ0v) is 15.6. The van der Waals surface area contributed by atoms with Gasteiger partial charge >= 0.3 is 1.43 Å². The fourth-order valence-corrected chi connectivity index (χ4v) is 6.98. The number of fused-ring (bicyclic) bond motifs is 5. The fourth-order valence-electron chi connectivity index (χ4n) is 6.98. The van der Waals surface area contributed by atoms with Crippen molar-refractivity contribution in [3.05, 3.63) is 11.6 Å². The van der Waals surface area contributed by atoms with Crippen molar-refractivity contribution in [1.82, 2.24) is 0 Å². The van der Waals surface area contributed by atoms with Crippen molar-refractivity contribution in [2.24, 2.45) is 28.6 Å². The highest BCUT2D eigenvalue weighted by atomic mass is 16.3. The van der Waals surface area contributed by atoms with Gasteiger partial charge in [0.1, 0.15) is 18.0 Å². The Morgan fingerprint density at radius 1 is 1.23 bits per heavy atom. The number of aliphatic hydroxyl groups excluding tert-OH is 1. The van der Waals surface area contributed by atoms with Crippen molar-refractivity contribution in [2.75, 3.05) is 6.61 Å². The van der Waals surface area contributed by atoms with Gasteiger partial charge in [-0.2, -0.15) is 0 Å². The maximum absolute atomic E-state index is 13.3. The summed E-state index contributed by atoms with van der Waals surface area (Å²) < 4.78 is 0. The molecule has 0 aliphatic heterocycles. The van der Waals surface area contributed by atoms with E-state index in [1.807, 2.05) is 6.92 Å². The Balaban J connectivity index is 0.00000210. The Hall–Kier alpha value is -1.33. The molecule has 5 heteroatoms. The highest BCUT2D eigenvalue weighted by Crippen LogP contribution is 2.66. The molecule has 26 heavy (non-hydrogen) atoms. The molecule has 6 atom stereocenters. The number of aliphatic hydroxyl groups is 2. The molecule has 0 aromatic rings. The summed E-state index contributed by atoms with van der Waals surface area (Å²) in [5.41, 5.74) is -1.55. The van der Waals surface area contributed by atoms with Gasteiger partial charge in [-0.3, -0.25) is 14.4 Å². The molecule has 0 radical (unpaired) electrons. The van der Waals surface area contributed by atoms with E-state index in [0.29, 0.717) is 25.7 Å². The number of ketones is 3. The Morgan fingerprint density at radius 2 is 1.96 bits per heavy atom. The lowest BCUT2D eigenvalue weighted by Crippen LogP contribution is -2.60. The minimum Gasteiger partial charge on any atom is -0.388 e. The highest BCUT2D eigenvalue weighted by Gasteiger charge is 2.68. The van der Waals surface area contributed by atoms with Crippen molar-refractivity contribution in [1.29, 1.82) is 0 Å². The van der Waals surface area contributed by atoms with Crippen molar-refractivity contribution in [3.63, 3.8) is 0 Å². The zero-order valence-electron chi connectivity index (χ0n) is 16.6. The molecular formula is C21H29O5+. The number of Topliss-reactive ketones (excluding diaryl/α,β-unsaturated/α-hetero) is 2. The van der Waals surface area contributed by atoms with E-state index < -0.39 is 23.4 Å². The van der Waals surface area contributed by atoms with Crippen LogP contribution in [0.25, 0.3) is 0 Å². The molecular weight excluding hydrogens is 332 g/mol. The van der Waals surface area contributed by atoms with Crippen LogP contribution in [-0.4, -0.2) is 39.8 Å². The van der Waals surface area contributed by atoms with E-state index in [2.05, 4.69) is 6.92 Å². The van der Waals surface area contributed by atoms with E-state index in [1.165, 1.54) is 0 Å². The summed E-state index contributed by atoms with van der Waals surface area (Å²) in [6, 6.07) is 0. The molecule has 4 aliphatic rings. The normalized spacial score (nSPS) is 47.7. The maximum Gasteiger partial charge on any atom is 1.00 e. The predicted octanol–water partition coefficient (Wildman–Crippen LogP) is 2.10. The molecule has 5 nitrogen and oxygen atoms in total. The van der Waals surface area contributed by atoms with Crippen LogP contribution in [0, 0.1) is 28.6 Å². The lowest BCUT2D eigenvalue weighted by Gasteiger charge is -2.57. The molecule has 0 spiro atoms. The number of rotatable bonds is 2. The van der Waals surface area contributed by atoms with Crippen LogP contribution >= 0.6 is 0 Å². The molecule has 3 saturated carbocycles. The van der Waals surface area contributed by atoms with Crippen LogP contribution in [0.2, 0.25) is 0 Å². The van der Waals surface area contributed by atoms with Crippen LogP contribution in [-0.2, 0) is 14.4 Å². The fraction of sp³-hybridized carbons (Fsp3) is 0.762. The van der Waals surface area contributed by atoms with Gasteiger partial charge in [-0.25, -0.2) is 0 Å². The second kappa shape index (κ2) is 5.59. The van der Waals surface area contributed by atoms with Crippen LogP contribution in [0.4, 0.5) is 0 Å². The van der Waals surface area contributed by atoms with E-state index >= 15 is 0 Å². The van der Waals surface area contributed by atoms with Gasteiger partial charge < -0.3 is 10.2 Å². The van der Waals surface area contributed by atoms with Crippen LogP contribution in [0.3, 0.4) is 0 Å². The van der Waals surface area contributed by atoms with Crippen LogP contribution < -0.4 is 0 Å². The summed E-state index contributed by atoms with van der Waals surface area (Å²) in [4.78, 5) is 37.5. The molecule has 3 fully saturated rings. The first-order valence-electron chi connectivity index (χ1n) is 9.80. The van der Waals surface area contributed by atoms with Gasteiger partial charge in [-0.05, 0) is 55.4 Å². The highest BCUT2D eigenvalue weighted by molar-refractivity contribution is 5.94. The number of hydrogen-bond acceptors (Lipinski definition) is 5. The summed E-state index contributed by atoms with van der Waals surface area (Å²) in [6.07, 6.45) is 5.83. The number of allylic oxidation sites excluding steroid dienone is 1. The Kier molecular flexibility index (Phi) is 3.88. The first-order valence-corrected chi connectivity index (χ1v) is 9.80. The van der Waals surface area contributed by atoms with Crippen LogP contribution in [0.1, 0.15) is 60.2 Å². The molecule has 0 amide bonds. The third-order valence-electron chi connectivity index (χ3n) is 8.41. The van der Waals surface area contributed by atoms with Gasteiger partial charge in [-0.15, -0.1) is 0 Å². The number of carbonyl (C=O) groups is 3. The van der Waals surface area contributed by atoms with E-state index in [9.17, 15) is 24.6 Å². The van der Waals surface area contributed by atoms with Crippen molar-refractivity contribution < 1.29 is 26.0 Å². The second-order valence-corrected chi connectivity index (χ2v) is 9.38. The smallest absolute Gasteiger partial charge is 0.388 e. The van der Waals surface area contributed by atoms with E-state index in [4.69, 9.17) is 0 Å². The average molecular weight is 361 g/mol. The Bertz CT molecular complexity index is 730. The molecule has 0 heterocycles. The van der Waals surface area contributed by atoms with Gasteiger partial charge in [0.15, 0.2) is 11.6 Å². The molecule has 0 aromatic carbocycles. The lowest BCUT2D eigenvalue weighted by molar-refractivity contribution is -0.170. The third-order valence-corrected chi connectivity index (χ3v) is 8.41. The molecule has 2 N–H and O–H groups in total. The number of carbonyl (C=O) groups excluding carboxylic acids is 3. The van der Waals surface area contributed by atoms with Crippen molar-refractivity contribution in [3.8, 4) is 0 Å².